The van der Waals surface area contributed by atoms with E-state index in [2.05, 4.69) is 15.9 Å². The summed E-state index contributed by atoms with van der Waals surface area (Å²) in [7, 11) is 0. The van der Waals surface area contributed by atoms with Crippen LogP contribution in [0.25, 0.3) is 0 Å². The number of carbonyl (C=O) groups is 1. The zero-order valence-corrected chi connectivity index (χ0v) is 10.3. The van der Waals surface area contributed by atoms with Crippen LogP contribution in [0.5, 0.6) is 10.8 Å². The summed E-state index contributed by atoms with van der Waals surface area (Å²) in [6.45, 7) is 0. The van der Waals surface area contributed by atoms with Gasteiger partial charge in [0.15, 0.2) is 11.3 Å². The normalized spacial score (nSPS) is 10.1. The molecule has 2 rings (SSSR count). The summed E-state index contributed by atoms with van der Waals surface area (Å²) in [6.07, 6.45) is 0.750. The van der Waals surface area contributed by atoms with Gasteiger partial charge in [0.1, 0.15) is 11.6 Å². The molecular formula is C11H6BrFO2S. The van der Waals surface area contributed by atoms with Gasteiger partial charge in [-0.2, -0.15) is 0 Å². The Morgan fingerprint density at radius 1 is 1.31 bits per heavy atom. The summed E-state index contributed by atoms with van der Waals surface area (Å²) in [5.74, 6) is 0.0182. The third-order valence-corrected chi connectivity index (χ3v) is 3.36. The number of aldehydes is 1. The minimum atomic E-state index is -0.385. The zero-order valence-electron chi connectivity index (χ0n) is 7.94. The van der Waals surface area contributed by atoms with Crippen molar-refractivity contribution in [1.82, 2.24) is 0 Å². The summed E-state index contributed by atoms with van der Waals surface area (Å²) in [5, 5.41) is 0.559. The van der Waals surface area contributed by atoms with E-state index in [0.29, 0.717) is 20.2 Å². The highest BCUT2D eigenvalue weighted by Crippen LogP contribution is 2.30. The third kappa shape index (κ3) is 2.48. The molecule has 0 radical (unpaired) electrons. The summed E-state index contributed by atoms with van der Waals surface area (Å²) in [4.78, 5) is 11.0. The second kappa shape index (κ2) is 4.76. The molecule has 0 saturated carbocycles. The second-order valence-electron chi connectivity index (χ2n) is 2.95. The van der Waals surface area contributed by atoms with Gasteiger partial charge in [-0.15, -0.1) is 0 Å². The van der Waals surface area contributed by atoms with E-state index in [4.69, 9.17) is 4.74 Å². The summed E-state index contributed by atoms with van der Waals surface area (Å²) >= 11 is 4.27. The molecule has 0 spiro atoms. The molecule has 2 nitrogen and oxygen atoms in total. The van der Waals surface area contributed by atoms with Crippen LogP contribution in [0.2, 0.25) is 0 Å². The van der Waals surface area contributed by atoms with Gasteiger partial charge in [0.2, 0.25) is 0 Å². The molecule has 82 valence electrons. The second-order valence-corrected chi connectivity index (χ2v) is 4.88. The van der Waals surface area contributed by atoms with Crippen molar-refractivity contribution in [3.8, 4) is 10.8 Å². The van der Waals surface area contributed by atoms with Crippen molar-refractivity contribution in [1.29, 1.82) is 0 Å². The van der Waals surface area contributed by atoms with Crippen molar-refractivity contribution < 1.29 is 13.9 Å². The first-order valence-electron chi connectivity index (χ1n) is 4.37. The van der Waals surface area contributed by atoms with Gasteiger partial charge in [0.25, 0.3) is 0 Å². The summed E-state index contributed by atoms with van der Waals surface area (Å²) < 4.78 is 19.0. The number of hydrogen-bond donors (Lipinski definition) is 0. The van der Waals surface area contributed by atoms with Crippen LogP contribution < -0.4 is 4.74 Å². The molecule has 0 saturated heterocycles. The summed E-state index contributed by atoms with van der Waals surface area (Å²) in [6, 6.07) is 7.83. The number of rotatable bonds is 3. The van der Waals surface area contributed by atoms with Crippen LogP contribution in [-0.4, -0.2) is 6.29 Å². The molecule has 0 fully saturated rings. The van der Waals surface area contributed by atoms with Crippen LogP contribution in [0, 0.1) is 5.82 Å². The first kappa shape index (κ1) is 11.3. The van der Waals surface area contributed by atoms with Crippen LogP contribution in [0.3, 0.4) is 0 Å². The molecule has 2 aromatic rings. The Hall–Kier alpha value is -1.20. The van der Waals surface area contributed by atoms with Gasteiger partial charge in [-0.1, -0.05) is 11.3 Å². The smallest absolute Gasteiger partial charge is 0.181 e. The Morgan fingerprint density at radius 3 is 2.75 bits per heavy atom. The van der Waals surface area contributed by atoms with E-state index in [-0.39, 0.29) is 5.82 Å². The Kier molecular flexibility index (Phi) is 3.36. The average molecular weight is 301 g/mol. The average Bonchev–Trinajstić information content (AvgIpc) is 2.71. The molecule has 0 aliphatic rings. The molecular weight excluding hydrogens is 295 g/mol. The van der Waals surface area contributed by atoms with Crippen molar-refractivity contribution in [3.05, 3.63) is 45.5 Å². The number of thiophene rings is 1. The molecule has 0 N–H and O–H groups in total. The van der Waals surface area contributed by atoms with E-state index in [1.165, 1.54) is 17.4 Å². The molecule has 1 aromatic heterocycles. The molecule has 0 atom stereocenters. The molecule has 5 heteroatoms. The van der Waals surface area contributed by atoms with Crippen LogP contribution >= 0.6 is 27.3 Å². The van der Waals surface area contributed by atoms with Crippen LogP contribution in [0.4, 0.5) is 4.39 Å². The van der Waals surface area contributed by atoms with Crippen molar-refractivity contribution in [2.45, 2.75) is 0 Å². The van der Waals surface area contributed by atoms with E-state index >= 15 is 0 Å². The highest BCUT2D eigenvalue weighted by Gasteiger charge is 2.04. The lowest BCUT2D eigenvalue weighted by Gasteiger charge is -2.02. The number of hydrogen-bond acceptors (Lipinski definition) is 3. The van der Waals surface area contributed by atoms with Crippen LogP contribution in [0.15, 0.2) is 34.8 Å². The number of carbonyl (C=O) groups excluding carboxylic acids is 1. The van der Waals surface area contributed by atoms with Crippen molar-refractivity contribution in [3.63, 3.8) is 0 Å². The molecule has 0 bridgehead atoms. The van der Waals surface area contributed by atoms with Crippen LogP contribution in [0.1, 0.15) is 9.67 Å². The SMILES string of the molecule is O=Cc1ccc(Oc2ccc(Br)c(F)c2)s1. The largest absolute Gasteiger partial charge is 0.447 e. The topological polar surface area (TPSA) is 26.3 Å². The van der Waals surface area contributed by atoms with E-state index < -0.39 is 0 Å². The van der Waals surface area contributed by atoms with E-state index in [1.54, 1.807) is 24.3 Å². The Bertz CT molecular complexity index is 524. The van der Waals surface area contributed by atoms with Gasteiger partial charge in [-0.05, 0) is 40.2 Å². The number of ether oxygens (including phenoxy) is 1. The van der Waals surface area contributed by atoms with Crippen molar-refractivity contribution in [2.24, 2.45) is 0 Å². The fraction of sp³-hybridized carbons (Fsp3) is 0. The van der Waals surface area contributed by atoms with Gasteiger partial charge in [0, 0.05) is 6.07 Å². The van der Waals surface area contributed by atoms with E-state index in [0.717, 1.165) is 6.29 Å². The van der Waals surface area contributed by atoms with Crippen molar-refractivity contribution >= 4 is 33.6 Å². The summed E-state index contributed by atoms with van der Waals surface area (Å²) in [5.41, 5.74) is 0. The standard InChI is InChI=1S/C11H6BrFO2S/c12-9-3-1-7(5-10(9)13)15-11-4-2-8(6-14)16-11/h1-6H. The van der Waals surface area contributed by atoms with Crippen molar-refractivity contribution in [2.75, 3.05) is 0 Å². The van der Waals surface area contributed by atoms with E-state index in [9.17, 15) is 9.18 Å². The maximum absolute atomic E-state index is 13.2. The monoisotopic (exact) mass is 300 g/mol. The lowest BCUT2D eigenvalue weighted by Crippen LogP contribution is -1.83. The minimum Gasteiger partial charge on any atom is -0.447 e. The first-order valence-corrected chi connectivity index (χ1v) is 5.98. The third-order valence-electron chi connectivity index (χ3n) is 1.83. The number of halogens is 2. The zero-order chi connectivity index (χ0) is 11.5. The molecule has 16 heavy (non-hydrogen) atoms. The van der Waals surface area contributed by atoms with Gasteiger partial charge in [-0.25, -0.2) is 4.39 Å². The Morgan fingerprint density at radius 2 is 2.12 bits per heavy atom. The van der Waals surface area contributed by atoms with E-state index in [1.807, 2.05) is 0 Å². The first-order chi connectivity index (χ1) is 7.69. The Labute approximate surface area is 104 Å². The van der Waals surface area contributed by atoms with Gasteiger partial charge in [-0.3, -0.25) is 4.79 Å². The lowest BCUT2D eigenvalue weighted by atomic mass is 10.3. The predicted molar refractivity (Wildman–Crippen MR) is 63.9 cm³/mol. The highest BCUT2D eigenvalue weighted by molar-refractivity contribution is 9.10. The quantitative estimate of drug-likeness (QED) is 0.792. The molecule has 0 aliphatic heterocycles. The highest BCUT2D eigenvalue weighted by atomic mass is 79.9. The maximum atomic E-state index is 13.2. The lowest BCUT2D eigenvalue weighted by molar-refractivity contribution is 0.112. The fourth-order valence-electron chi connectivity index (χ4n) is 1.11. The van der Waals surface area contributed by atoms with Gasteiger partial charge >= 0.3 is 0 Å². The van der Waals surface area contributed by atoms with Gasteiger partial charge < -0.3 is 4.74 Å². The maximum Gasteiger partial charge on any atom is 0.181 e. The molecule has 0 aliphatic carbocycles. The predicted octanol–water partition coefficient (Wildman–Crippen LogP) is 4.25. The van der Waals surface area contributed by atoms with Crippen LogP contribution in [-0.2, 0) is 0 Å². The molecule has 0 amide bonds. The van der Waals surface area contributed by atoms with Gasteiger partial charge in [0.05, 0.1) is 9.35 Å². The fourth-order valence-corrected chi connectivity index (χ4v) is 2.05. The number of benzene rings is 1. The minimum absolute atomic E-state index is 0.385. The Balaban J connectivity index is 2.20. The molecule has 1 heterocycles. The molecule has 0 unspecified atom stereocenters. The molecule has 1 aromatic carbocycles.